The Hall–Kier alpha value is -1.60. The molecule has 0 amide bonds. The monoisotopic (exact) mass is 400 g/mol. The van der Waals surface area contributed by atoms with Crippen molar-refractivity contribution in [3.63, 3.8) is 0 Å². The summed E-state index contributed by atoms with van der Waals surface area (Å²) in [5.41, 5.74) is 4.17. The number of carboxylic acids is 2. The van der Waals surface area contributed by atoms with E-state index in [0.29, 0.717) is 6.42 Å². The molecule has 2 atom stereocenters. The van der Waals surface area contributed by atoms with Crippen molar-refractivity contribution in [2.24, 2.45) is 5.73 Å². The largest absolute Gasteiger partial charge is 0.480 e. The molecule has 0 aromatic rings. The summed E-state index contributed by atoms with van der Waals surface area (Å²) in [5.74, 6) is -3.27. The second kappa shape index (κ2) is 11.9. The van der Waals surface area contributed by atoms with Gasteiger partial charge in [0.2, 0.25) is 0 Å². The number of halogens is 6. The molecule has 0 rings (SSSR count). The zero-order valence-electron chi connectivity index (χ0n) is 13.8. The smallest absolute Gasteiger partial charge is 0.414 e. The van der Waals surface area contributed by atoms with E-state index in [1.54, 1.807) is 6.92 Å². The van der Waals surface area contributed by atoms with Crippen LogP contribution in [0, 0.1) is 0 Å². The van der Waals surface area contributed by atoms with Gasteiger partial charge in [-0.1, -0.05) is 6.92 Å². The minimum Gasteiger partial charge on any atom is -0.480 e. The van der Waals surface area contributed by atoms with Crippen LogP contribution >= 0.6 is 0 Å². The maximum Gasteiger partial charge on any atom is 0.414 e. The standard InChI is InChI=1S/C10H18F3NO3.C3H4F3NO2/c1-2-5-14(6-4-10(11,12)13)8(3-7-15)9(16)17;4-3(5,6)1(7)2(8)9/h8,15H,2-7H2,1H3,(H,16,17);1H,7H2,(H,8,9)/t8-;1-/m01/s1. The average molecular weight is 400 g/mol. The summed E-state index contributed by atoms with van der Waals surface area (Å²) in [6.45, 7) is 1.32. The van der Waals surface area contributed by atoms with Gasteiger partial charge in [0.05, 0.1) is 6.42 Å². The normalized spacial score (nSPS) is 14.4. The molecule has 7 nitrogen and oxygen atoms in total. The maximum atomic E-state index is 12.1. The van der Waals surface area contributed by atoms with Gasteiger partial charge < -0.3 is 21.1 Å². The van der Waals surface area contributed by atoms with E-state index in [2.05, 4.69) is 5.73 Å². The van der Waals surface area contributed by atoms with E-state index in [9.17, 15) is 35.9 Å². The highest BCUT2D eigenvalue weighted by atomic mass is 19.4. The first-order valence-corrected chi connectivity index (χ1v) is 7.36. The molecule has 0 spiro atoms. The predicted molar refractivity (Wildman–Crippen MR) is 77.3 cm³/mol. The van der Waals surface area contributed by atoms with E-state index >= 15 is 0 Å². The molecule has 0 aliphatic carbocycles. The van der Waals surface area contributed by atoms with Crippen molar-refractivity contribution in [2.45, 2.75) is 50.6 Å². The molecule has 0 unspecified atom stereocenters. The van der Waals surface area contributed by atoms with Gasteiger partial charge in [-0.25, -0.2) is 0 Å². The van der Waals surface area contributed by atoms with E-state index in [0.717, 1.165) is 0 Å². The molecular weight excluding hydrogens is 378 g/mol. The Morgan fingerprint density at radius 2 is 1.54 bits per heavy atom. The third-order valence-electron chi connectivity index (χ3n) is 2.94. The first-order chi connectivity index (χ1) is 11.7. The van der Waals surface area contributed by atoms with Gasteiger partial charge in [0, 0.05) is 13.2 Å². The fourth-order valence-electron chi connectivity index (χ4n) is 1.71. The van der Waals surface area contributed by atoms with Crippen LogP contribution in [0.5, 0.6) is 0 Å². The molecule has 0 radical (unpaired) electrons. The molecule has 0 fully saturated rings. The van der Waals surface area contributed by atoms with Gasteiger partial charge in [-0.3, -0.25) is 14.5 Å². The van der Waals surface area contributed by atoms with E-state index in [1.807, 2.05) is 0 Å². The number of aliphatic hydroxyl groups excluding tert-OH is 1. The topological polar surface area (TPSA) is 124 Å². The van der Waals surface area contributed by atoms with Crippen molar-refractivity contribution in [3.8, 4) is 0 Å². The summed E-state index contributed by atoms with van der Waals surface area (Å²) >= 11 is 0. The van der Waals surface area contributed by atoms with E-state index < -0.39 is 42.8 Å². The van der Waals surface area contributed by atoms with Crippen LogP contribution in [0.3, 0.4) is 0 Å². The number of aliphatic hydroxyl groups is 1. The number of nitrogens with two attached hydrogens (primary N) is 1. The third-order valence-corrected chi connectivity index (χ3v) is 2.94. The number of carbonyl (C=O) groups is 2. The van der Waals surface area contributed by atoms with Gasteiger partial charge in [-0.2, -0.15) is 26.3 Å². The lowest BCUT2D eigenvalue weighted by molar-refractivity contribution is -0.174. The molecule has 26 heavy (non-hydrogen) atoms. The zero-order chi connectivity index (χ0) is 21.1. The van der Waals surface area contributed by atoms with Crippen LogP contribution in [-0.4, -0.2) is 76.3 Å². The van der Waals surface area contributed by atoms with Crippen LogP contribution in [0.2, 0.25) is 0 Å². The molecule has 0 saturated carbocycles. The number of hydrogen-bond donors (Lipinski definition) is 4. The van der Waals surface area contributed by atoms with Gasteiger partial charge in [-0.05, 0) is 19.4 Å². The van der Waals surface area contributed by atoms with E-state index in [4.69, 9.17) is 15.3 Å². The van der Waals surface area contributed by atoms with Crippen LogP contribution in [-0.2, 0) is 9.59 Å². The average Bonchev–Trinajstić information content (AvgIpc) is 2.47. The molecule has 0 bridgehead atoms. The first kappa shape index (κ1) is 26.6. The van der Waals surface area contributed by atoms with Gasteiger partial charge in [0.25, 0.3) is 0 Å². The molecule has 0 aromatic carbocycles. The highest BCUT2D eigenvalue weighted by molar-refractivity contribution is 5.74. The molecule has 156 valence electrons. The Morgan fingerprint density at radius 1 is 1.04 bits per heavy atom. The quantitative estimate of drug-likeness (QED) is 0.432. The number of hydrogen-bond acceptors (Lipinski definition) is 5. The van der Waals surface area contributed by atoms with Crippen molar-refractivity contribution in [2.75, 3.05) is 19.7 Å². The van der Waals surface area contributed by atoms with Crippen LogP contribution in [0.4, 0.5) is 26.3 Å². The molecule has 0 heterocycles. The number of carboxylic acid groups (broad SMARTS) is 2. The summed E-state index contributed by atoms with van der Waals surface area (Å²) in [5, 5.41) is 25.3. The molecule has 0 saturated heterocycles. The maximum absolute atomic E-state index is 12.1. The summed E-state index contributed by atoms with van der Waals surface area (Å²) in [4.78, 5) is 21.7. The zero-order valence-corrected chi connectivity index (χ0v) is 13.8. The van der Waals surface area contributed by atoms with Gasteiger partial charge in [0.15, 0.2) is 6.04 Å². The van der Waals surface area contributed by atoms with Crippen LogP contribution < -0.4 is 5.73 Å². The second-order valence-corrected chi connectivity index (χ2v) is 5.12. The van der Waals surface area contributed by atoms with Crippen molar-refractivity contribution >= 4 is 11.9 Å². The minimum absolute atomic E-state index is 0.0623. The third kappa shape index (κ3) is 12.7. The molecule has 0 aromatic heterocycles. The number of nitrogens with zero attached hydrogens (tertiary/aromatic N) is 1. The summed E-state index contributed by atoms with van der Waals surface area (Å²) in [6.07, 6.45) is -9.68. The fraction of sp³-hybridized carbons (Fsp3) is 0.846. The first-order valence-electron chi connectivity index (χ1n) is 7.36. The molecule has 0 aliphatic heterocycles. The second-order valence-electron chi connectivity index (χ2n) is 5.12. The lowest BCUT2D eigenvalue weighted by Crippen LogP contribution is -2.44. The van der Waals surface area contributed by atoms with E-state index in [1.165, 1.54) is 4.90 Å². The Balaban J connectivity index is 0. The van der Waals surface area contributed by atoms with Crippen molar-refractivity contribution in [1.29, 1.82) is 0 Å². The van der Waals surface area contributed by atoms with Crippen molar-refractivity contribution < 1.29 is 51.3 Å². The Morgan fingerprint density at radius 3 is 1.77 bits per heavy atom. The fourth-order valence-corrected chi connectivity index (χ4v) is 1.71. The summed E-state index contributed by atoms with van der Waals surface area (Å²) in [7, 11) is 0. The summed E-state index contributed by atoms with van der Waals surface area (Å²) < 4.78 is 69.8. The number of rotatable bonds is 9. The number of aliphatic carboxylic acids is 2. The van der Waals surface area contributed by atoms with Crippen LogP contribution in [0.1, 0.15) is 26.2 Å². The molecule has 0 aliphatic rings. The summed E-state index contributed by atoms with van der Waals surface area (Å²) in [6, 6.07) is -3.82. The molecular formula is C13H22F6N2O5. The molecule has 13 heteroatoms. The number of alkyl halides is 6. The Bertz CT molecular complexity index is 430. The van der Waals surface area contributed by atoms with Crippen molar-refractivity contribution in [3.05, 3.63) is 0 Å². The Kier molecular flexibility index (Phi) is 12.2. The van der Waals surface area contributed by atoms with E-state index in [-0.39, 0.29) is 26.1 Å². The van der Waals surface area contributed by atoms with Gasteiger partial charge in [0.1, 0.15) is 6.04 Å². The van der Waals surface area contributed by atoms with Gasteiger partial charge in [-0.15, -0.1) is 0 Å². The SMILES string of the molecule is CCCN(CCC(F)(F)F)[C@@H](CCO)C(=O)O.N[C@H](C(=O)O)C(F)(F)F. The lowest BCUT2D eigenvalue weighted by Gasteiger charge is -2.28. The highest BCUT2D eigenvalue weighted by Crippen LogP contribution is 2.21. The van der Waals surface area contributed by atoms with Crippen LogP contribution in [0.25, 0.3) is 0 Å². The minimum atomic E-state index is -4.84. The lowest BCUT2D eigenvalue weighted by atomic mass is 10.1. The van der Waals surface area contributed by atoms with Crippen LogP contribution in [0.15, 0.2) is 0 Å². The van der Waals surface area contributed by atoms with Crippen molar-refractivity contribution in [1.82, 2.24) is 4.90 Å². The van der Waals surface area contributed by atoms with Gasteiger partial charge >= 0.3 is 24.3 Å². The molecule has 5 N–H and O–H groups in total. The Labute approximate surface area is 145 Å². The highest BCUT2D eigenvalue weighted by Gasteiger charge is 2.42. The predicted octanol–water partition coefficient (Wildman–Crippen LogP) is 1.45.